The second-order valence-corrected chi connectivity index (χ2v) is 5.90. The number of ether oxygens (including phenoxy) is 1. The van der Waals surface area contributed by atoms with Gasteiger partial charge in [0.05, 0.1) is 4.92 Å². The maximum atomic E-state index is 13.4. The first kappa shape index (κ1) is 19.5. The normalized spacial score (nSPS) is 12.4. The van der Waals surface area contributed by atoms with Crippen molar-refractivity contribution >= 4 is 16.6 Å². The highest BCUT2D eigenvalue weighted by Crippen LogP contribution is 2.48. The van der Waals surface area contributed by atoms with Crippen molar-refractivity contribution in [1.82, 2.24) is 4.98 Å². The number of rotatable bonds is 3. The summed E-state index contributed by atoms with van der Waals surface area (Å²) in [7, 11) is 0. The number of halogens is 6. The fourth-order valence-electron chi connectivity index (χ4n) is 2.67. The first-order valence-electron chi connectivity index (χ1n) is 7.60. The molecular formula is C17H10F6N2O3. The summed E-state index contributed by atoms with van der Waals surface area (Å²) in [5.41, 5.74) is -3.80. The first-order valence-corrected chi connectivity index (χ1v) is 7.60. The summed E-state index contributed by atoms with van der Waals surface area (Å²) >= 11 is 0. The Morgan fingerprint density at radius 3 is 2.07 bits per heavy atom. The molecule has 0 saturated heterocycles. The van der Waals surface area contributed by atoms with Crippen molar-refractivity contribution in [3.05, 3.63) is 63.3 Å². The fourth-order valence-corrected chi connectivity index (χ4v) is 2.67. The number of aryl methyl sites for hydroxylation is 1. The standard InChI is InChI=1S/C17H10F6N2O3/c1-8-7-24-14-3-2-10(6-11(8)14)28-15-12(16(18,19)20)4-9(25(26)27)5-13(15)17(21,22)23/h2-7,24H,1H3. The average molecular weight is 404 g/mol. The van der Waals surface area contributed by atoms with E-state index >= 15 is 0 Å². The number of aromatic amines is 1. The number of nitrogens with zero attached hydrogens (tertiary/aromatic N) is 1. The van der Waals surface area contributed by atoms with Crippen LogP contribution in [0.25, 0.3) is 10.9 Å². The van der Waals surface area contributed by atoms with E-state index in [1.54, 1.807) is 13.1 Å². The van der Waals surface area contributed by atoms with Crippen molar-refractivity contribution < 1.29 is 36.0 Å². The lowest BCUT2D eigenvalue weighted by Gasteiger charge is -2.19. The zero-order valence-corrected chi connectivity index (χ0v) is 13.9. The number of fused-ring (bicyclic) bond motifs is 1. The second-order valence-electron chi connectivity index (χ2n) is 5.90. The molecule has 0 atom stereocenters. The minimum Gasteiger partial charge on any atom is -0.456 e. The van der Waals surface area contributed by atoms with Crippen molar-refractivity contribution in [2.75, 3.05) is 0 Å². The van der Waals surface area contributed by atoms with Gasteiger partial charge in [0, 0.05) is 29.2 Å². The third kappa shape index (κ3) is 3.59. The van der Waals surface area contributed by atoms with Gasteiger partial charge in [0.15, 0.2) is 5.75 Å². The maximum Gasteiger partial charge on any atom is 0.420 e. The molecule has 0 aliphatic heterocycles. The van der Waals surface area contributed by atoms with Gasteiger partial charge in [-0.05, 0) is 30.7 Å². The van der Waals surface area contributed by atoms with Crippen molar-refractivity contribution in [2.24, 2.45) is 0 Å². The molecule has 0 saturated carbocycles. The molecule has 0 radical (unpaired) electrons. The molecule has 148 valence electrons. The highest BCUT2D eigenvalue weighted by Gasteiger charge is 2.44. The number of non-ortho nitro benzene ring substituents is 1. The van der Waals surface area contributed by atoms with Crippen molar-refractivity contribution in [2.45, 2.75) is 19.3 Å². The third-order valence-corrected chi connectivity index (χ3v) is 3.98. The number of aromatic nitrogens is 1. The minimum atomic E-state index is -5.31. The van der Waals surface area contributed by atoms with Gasteiger partial charge in [-0.3, -0.25) is 10.1 Å². The molecule has 3 rings (SSSR count). The van der Waals surface area contributed by atoms with E-state index in [4.69, 9.17) is 4.74 Å². The largest absolute Gasteiger partial charge is 0.456 e. The lowest BCUT2D eigenvalue weighted by atomic mass is 10.1. The van der Waals surface area contributed by atoms with Gasteiger partial charge in [0.25, 0.3) is 5.69 Å². The summed E-state index contributed by atoms with van der Waals surface area (Å²) in [4.78, 5) is 12.4. The number of benzene rings is 2. The highest BCUT2D eigenvalue weighted by atomic mass is 19.4. The Kier molecular flexibility index (Phi) is 4.48. The van der Waals surface area contributed by atoms with Crippen LogP contribution in [0.1, 0.15) is 16.7 Å². The molecule has 1 aromatic heterocycles. The van der Waals surface area contributed by atoms with E-state index < -0.39 is 39.8 Å². The number of alkyl halides is 6. The van der Waals surface area contributed by atoms with Crippen molar-refractivity contribution in [3.8, 4) is 11.5 Å². The van der Waals surface area contributed by atoms with Gasteiger partial charge in [-0.1, -0.05) is 0 Å². The number of nitro benzene ring substituents is 1. The Hall–Kier alpha value is -3.24. The minimum absolute atomic E-state index is 0.0185. The second kappa shape index (κ2) is 6.43. The molecule has 5 nitrogen and oxygen atoms in total. The van der Waals surface area contributed by atoms with Crippen LogP contribution in [0, 0.1) is 17.0 Å². The average Bonchev–Trinajstić information content (AvgIpc) is 2.93. The summed E-state index contributed by atoms with van der Waals surface area (Å²) < 4.78 is 85.1. The molecule has 0 fully saturated rings. The SMILES string of the molecule is Cc1c[nH]c2ccc(Oc3c(C(F)(F)F)cc([N+](=O)[O-])cc3C(F)(F)F)cc12. The lowest BCUT2D eigenvalue weighted by molar-refractivity contribution is -0.385. The molecule has 2 aromatic carbocycles. The zero-order chi connectivity index (χ0) is 20.9. The van der Waals surface area contributed by atoms with Gasteiger partial charge in [-0.25, -0.2) is 0 Å². The molecule has 0 unspecified atom stereocenters. The van der Waals surface area contributed by atoms with Gasteiger partial charge < -0.3 is 9.72 Å². The molecule has 0 amide bonds. The van der Waals surface area contributed by atoms with Gasteiger partial charge in [-0.2, -0.15) is 26.3 Å². The van der Waals surface area contributed by atoms with Crippen LogP contribution in [-0.4, -0.2) is 9.91 Å². The predicted octanol–water partition coefficient (Wildman–Crippen LogP) is 6.21. The summed E-state index contributed by atoms with van der Waals surface area (Å²) in [5, 5.41) is 11.4. The molecule has 0 bridgehead atoms. The molecule has 11 heteroatoms. The van der Waals surface area contributed by atoms with E-state index in [0.29, 0.717) is 16.5 Å². The Morgan fingerprint density at radius 1 is 1.00 bits per heavy atom. The number of nitrogens with one attached hydrogen (secondary N) is 1. The molecule has 0 aliphatic rings. The monoisotopic (exact) mass is 404 g/mol. The summed E-state index contributed by atoms with van der Waals surface area (Å²) in [5.74, 6) is -1.82. The van der Waals surface area contributed by atoms with E-state index in [9.17, 15) is 36.5 Å². The molecule has 1 N–H and O–H groups in total. The van der Waals surface area contributed by atoms with Crippen molar-refractivity contribution in [1.29, 1.82) is 0 Å². The molecule has 1 heterocycles. The van der Waals surface area contributed by atoms with Crippen LogP contribution in [0.2, 0.25) is 0 Å². The molecule has 0 aliphatic carbocycles. The van der Waals surface area contributed by atoms with Crippen LogP contribution in [-0.2, 0) is 12.4 Å². The third-order valence-electron chi connectivity index (χ3n) is 3.98. The Labute approximate surface area is 152 Å². The van der Waals surface area contributed by atoms with E-state index in [0.717, 1.165) is 0 Å². The van der Waals surface area contributed by atoms with Gasteiger partial charge in [-0.15, -0.1) is 0 Å². The van der Waals surface area contributed by atoms with Crippen LogP contribution >= 0.6 is 0 Å². The van der Waals surface area contributed by atoms with Gasteiger partial charge in [0.2, 0.25) is 0 Å². The Morgan fingerprint density at radius 2 is 1.57 bits per heavy atom. The molecule has 28 heavy (non-hydrogen) atoms. The van der Waals surface area contributed by atoms with E-state index in [2.05, 4.69) is 4.98 Å². The Bertz CT molecular complexity index is 1030. The van der Waals surface area contributed by atoms with E-state index in [1.807, 2.05) is 0 Å². The summed E-state index contributed by atoms with van der Waals surface area (Å²) in [6.45, 7) is 1.69. The number of hydrogen-bond acceptors (Lipinski definition) is 3. The molecule has 3 aromatic rings. The number of nitro groups is 1. The van der Waals surface area contributed by atoms with E-state index in [1.165, 1.54) is 18.2 Å². The van der Waals surface area contributed by atoms with Gasteiger partial charge >= 0.3 is 12.4 Å². The fraction of sp³-hybridized carbons (Fsp3) is 0.176. The molecule has 0 spiro atoms. The topological polar surface area (TPSA) is 68.2 Å². The Balaban J connectivity index is 2.24. The smallest absolute Gasteiger partial charge is 0.420 e. The van der Waals surface area contributed by atoms with Gasteiger partial charge in [0.1, 0.15) is 16.9 Å². The zero-order valence-electron chi connectivity index (χ0n) is 13.9. The van der Waals surface area contributed by atoms with Crippen LogP contribution in [0.4, 0.5) is 32.0 Å². The van der Waals surface area contributed by atoms with Crippen LogP contribution < -0.4 is 4.74 Å². The quantitative estimate of drug-likeness (QED) is 0.320. The molecular weight excluding hydrogens is 394 g/mol. The summed E-state index contributed by atoms with van der Waals surface area (Å²) in [6.07, 6.45) is -9.01. The maximum absolute atomic E-state index is 13.4. The number of hydrogen-bond donors (Lipinski definition) is 1. The summed E-state index contributed by atoms with van der Waals surface area (Å²) in [6, 6.07) is 3.95. The first-order chi connectivity index (χ1) is 12.9. The lowest BCUT2D eigenvalue weighted by Crippen LogP contribution is -2.15. The van der Waals surface area contributed by atoms with E-state index in [-0.39, 0.29) is 17.9 Å². The van der Waals surface area contributed by atoms with Crippen LogP contribution in [0.3, 0.4) is 0 Å². The highest BCUT2D eigenvalue weighted by molar-refractivity contribution is 5.84. The van der Waals surface area contributed by atoms with Crippen LogP contribution in [0.5, 0.6) is 11.5 Å². The number of H-pyrrole nitrogens is 1. The van der Waals surface area contributed by atoms with Crippen molar-refractivity contribution in [3.63, 3.8) is 0 Å². The predicted molar refractivity (Wildman–Crippen MR) is 86.2 cm³/mol. The van der Waals surface area contributed by atoms with Crippen LogP contribution in [0.15, 0.2) is 36.5 Å².